The Kier molecular flexibility index (Phi) is 6.91. The third-order valence-corrected chi connectivity index (χ3v) is 10.2. The smallest absolute Gasteiger partial charge is 0.282 e. The standard InChI is InChI=1S/C24H27O6PS2/c1-14-7-15(2)9-20(8-14)31(21-12-23(32(25,26)27)18(5)10-16(21)3)22-13-24(33(28,29)30)19(6)11-17(22)4/h7-13H,1-6H3,(H,25,26,27)(H,28,29,30). The predicted octanol–water partition coefficient (Wildman–Crippen LogP) is 3.79. The molecule has 0 bridgehead atoms. The third-order valence-electron chi connectivity index (χ3n) is 5.49. The zero-order valence-electron chi connectivity index (χ0n) is 19.3. The quantitative estimate of drug-likeness (QED) is 0.403. The van der Waals surface area contributed by atoms with Crippen LogP contribution >= 0.6 is 7.92 Å². The van der Waals surface area contributed by atoms with Gasteiger partial charge in [0.1, 0.15) is 0 Å². The molecule has 33 heavy (non-hydrogen) atoms. The molecule has 0 spiro atoms. The minimum absolute atomic E-state index is 0.181. The Morgan fingerprint density at radius 2 is 0.909 bits per heavy atom. The summed E-state index contributed by atoms with van der Waals surface area (Å²) in [6.07, 6.45) is 0. The van der Waals surface area contributed by atoms with E-state index in [1.165, 1.54) is 12.1 Å². The van der Waals surface area contributed by atoms with Crippen LogP contribution in [0.3, 0.4) is 0 Å². The molecular formula is C24H27O6PS2. The van der Waals surface area contributed by atoms with Gasteiger partial charge in [-0.2, -0.15) is 16.8 Å². The molecule has 0 atom stereocenters. The number of aryl methyl sites for hydroxylation is 6. The van der Waals surface area contributed by atoms with Crippen molar-refractivity contribution in [1.29, 1.82) is 0 Å². The van der Waals surface area contributed by atoms with Gasteiger partial charge in [-0.15, -0.1) is 0 Å². The molecule has 0 amide bonds. The molecule has 0 aliphatic carbocycles. The molecule has 176 valence electrons. The first-order valence-electron chi connectivity index (χ1n) is 10.2. The summed E-state index contributed by atoms with van der Waals surface area (Å²) in [5.41, 5.74) is 4.51. The average Bonchev–Trinajstić information content (AvgIpc) is 2.62. The molecule has 0 aromatic heterocycles. The van der Waals surface area contributed by atoms with Crippen LogP contribution in [0.4, 0.5) is 0 Å². The van der Waals surface area contributed by atoms with Gasteiger partial charge in [0.05, 0.1) is 9.79 Å². The lowest BCUT2D eigenvalue weighted by Gasteiger charge is -2.25. The van der Waals surface area contributed by atoms with E-state index in [9.17, 15) is 25.9 Å². The van der Waals surface area contributed by atoms with Gasteiger partial charge < -0.3 is 0 Å². The molecule has 0 saturated carbocycles. The molecule has 0 heterocycles. The highest BCUT2D eigenvalue weighted by Gasteiger charge is 2.26. The maximum Gasteiger partial charge on any atom is 0.294 e. The van der Waals surface area contributed by atoms with E-state index in [2.05, 4.69) is 0 Å². The largest absolute Gasteiger partial charge is 0.294 e. The van der Waals surface area contributed by atoms with Crippen molar-refractivity contribution in [3.05, 3.63) is 75.8 Å². The van der Waals surface area contributed by atoms with Crippen molar-refractivity contribution in [3.63, 3.8) is 0 Å². The van der Waals surface area contributed by atoms with Crippen molar-refractivity contribution >= 4 is 44.1 Å². The lowest BCUT2D eigenvalue weighted by Crippen LogP contribution is -2.26. The molecule has 3 rings (SSSR count). The van der Waals surface area contributed by atoms with E-state index in [-0.39, 0.29) is 9.79 Å². The van der Waals surface area contributed by atoms with E-state index >= 15 is 0 Å². The van der Waals surface area contributed by atoms with Crippen molar-refractivity contribution in [2.24, 2.45) is 0 Å². The molecule has 3 aromatic rings. The van der Waals surface area contributed by atoms with E-state index in [0.717, 1.165) is 27.6 Å². The summed E-state index contributed by atoms with van der Waals surface area (Å²) in [6.45, 7) is 10.9. The molecule has 0 radical (unpaired) electrons. The lowest BCUT2D eigenvalue weighted by atomic mass is 10.1. The summed E-state index contributed by atoms with van der Waals surface area (Å²) in [5.74, 6) is 0. The van der Waals surface area contributed by atoms with Gasteiger partial charge in [0.2, 0.25) is 0 Å². The highest BCUT2D eigenvalue weighted by atomic mass is 32.2. The predicted molar refractivity (Wildman–Crippen MR) is 133 cm³/mol. The second-order valence-electron chi connectivity index (χ2n) is 8.44. The third kappa shape index (κ3) is 5.36. The summed E-state index contributed by atoms with van der Waals surface area (Å²) in [7, 11) is -10.3. The van der Waals surface area contributed by atoms with Crippen LogP contribution < -0.4 is 15.9 Å². The lowest BCUT2D eigenvalue weighted by molar-refractivity contribution is 0.480. The van der Waals surface area contributed by atoms with Gasteiger partial charge in [-0.25, -0.2) is 0 Å². The van der Waals surface area contributed by atoms with Gasteiger partial charge >= 0.3 is 0 Å². The van der Waals surface area contributed by atoms with Crippen LogP contribution in [0.15, 0.2) is 52.3 Å². The van der Waals surface area contributed by atoms with Gasteiger partial charge in [0, 0.05) is 0 Å². The molecule has 9 heteroatoms. The number of rotatable bonds is 5. The molecule has 2 N–H and O–H groups in total. The first kappa shape index (κ1) is 25.5. The number of hydrogen-bond donors (Lipinski definition) is 2. The van der Waals surface area contributed by atoms with Crippen molar-refractivity contribution < 1.29 is 25.9 Å². The van der Waals surface area contributed by atoms with Crippen LogP contribution in [0.25, 0.3) is 0 Å². The van der Waals surface area contributed by atoms with E-state index in [1.807, 2.05) is 45.9 Å². The Morgan fingerprint density at radius 3 is 1.24 bits per heavy atom. The molecule has 6 nitrogen and oxygen atoms in total. The van der Waals surface area contributed by atoms with E-state index in [4.69, 9.17) is 0 Å². The Balaban J connectivity index is 2.48. The van der Waals surface area contributed by atoms with Gasteiger partial charge in [-0.3, -0.25) is 9.11 Å². The van der Waals surface area contributed by atoms with Crippen molar-refractivity contribution in [3.8, 4) is 0 Å². The van der Waals surface area contributed by atoms with Gasteiger partial charge in [-0.05, 0) is 99.8 Å². The minimum atomic E-state index is -4.46. The Morgan fingerprint density at radius 1 is 0.545 bits per heavy atom. The molecule has 0 saturated heterocycles. The highest BCUT2D eigenvalue weighted by molar-refractivity contribution is 7.86. The summed E-state index contributed by atoms with van der Waals surface area (Å²) in [5, 5.41) is 2.27. The van der Waals surface area contributed by atoms with E-state index in [1.54, 1.807) is 26.0 Å². The summed E-state index contributed by atoms with van der Waals surface area (Å²) >= 11 is 0. The normalized spacial score (nSPS) is 12.4. The van der Waals surface area contributed by atoms with E-state index in [0.29, 0.717) is 21.7 Å². The second kappa shape index (κ2) is 8.93. The fourth-order valence-electron chi connectivity index (χ4n) is 4.17. The maximum atomic E-state index is 12.1. The highest BCUT2D eigenvalue weighted by Crippen LogP contribution is 2.38. The van der Waals surface area contributed by atoms with Crippen LogP contribution in [0.5, 0.6) is 0 Å². The first-order chi connectivity index (χ1) is 15.1. The molecular weight excluding hydrogens is 479 g/mol. The van der Waals surface area contributed by atoms with Gasteiger partial charge in [-0.1, -0.05) is 41.5 Å². The zero-order valence-corrected chi connectivity index (χ0v) is 21.9. The monoisotopic (exact) mass is 506 g/mol. The van der Waals surface area contributed by atoms with E-state index < -0.39 is 28.2 Å². The first-order valence-corrected chi connectivity index (χ1v) is 14.4. The Labute approximate surface area is 196 Å². The van der Waals surface area contributed by atoms with Gasteiger partial charge in [0.25, 0.3) is 20.2 Å². The minimum Gasteiger partial charge on any atom is -0.282 e. The molecule has 0 fully saturated rings. The SMILES string of the molecule is Cc1cc(C)cc(P(c2cc(S(=O)(=O)O)c(C)cc2C)c2cc(S(=O)(=O)O)c(C)cc2C)c1. The van der Waals surface area contributed by atoms with Crippen LogP contribution in [-0.2, 0) is 20.2 Å². The summed E-state index contributed by atoms with van der Waals surface area (Å²) < 4.78 is 67.9. The van der Waals surface area contributed by atoms with Gasteiger partial charge in [0.15, 0.2) is 0 Å². The number of benzene rings is 3. The molecule has 0 aliphatic rings. The van der Waals surface area contributed by atoms with Crippen LogP contribution in [0.1, 0.15) is 33.4 Å². The van der Waals surface area contributed by atoms with Crippen molar-refractivity contribution in [2.45, 2.75) is 51.3 Å². The second-order valence-corrected chi connectivity index (χ2v) is 13.4. The summed E-state index contributed by atoms with van der Waals surface area (Å²) in [4.78, 5) is -0.362. The Hall–Kier alpha value is -2.09. The van der Waals surface area contributed by atoms with Crippen molar-refractivity contribution in [2.75, 3.05) is 0 Å². The molecule has 0 unspecified atom stereocenters. The molecule has 0 aliphatic heterocycles. The van der Waals surface area contributed by atoms with Crippen molar-refractivity contribution in [1.82, 2.24) is 0 Å². The van der Waals surface area contributed by atoms with Crippen LogP contribution in [0.2, 0.25) is 0 Å². The summed E-state index contributed by atoms with van der Waals surface area (Å²) in [6, 6.07) is 12.4. The number of hydrogen-bond acceptors (Lipinski definition) is 4. The topological polar surface area (TPSA) is 109 Å². The van der Waals surface area contributed by atoms with Crippen LogP contribution in [-0.4, -0.2) is 25.9 Å². The maximum absolute atomic E-state index is 12.1. The fraction of sp³-hybridized carbons (Fsp3) is 0.250. The Bertz CT molecular complexity index is 1370. The van der Waals surface area contributed by atoms with Crippen LogP contribution in [0, 0.1) is 41.5 Å². The zero-order chi connectivity index (χ0) is 24.9. The molecule has 3 aromatic carbocycles. The fourth-order valence-corrected chi connectivity index (χ4v) is 8.64. The average molecular weight is 507 g/mol.